The van der Waals surface area contributed by atoms with Gasteiger partial charge < -0.3 is 9.47 Å². The Hall–Kier alpha value is -4.25. The van der Waals surface area contributed by atoms with E-state index < -0.39 is 0 Å². The van der Waals surface area contributed by atoms with E-state index in [2.05, 4.69) is 43.3 Å². The van der Waals surface area contributed by atoms with Crippen molar-refractivity contribution in [3.63, 3.8) is 0 Å². The highest BCUT2D eigenvalue weighted by atomic mass is 16.5. The number of pyridine rings is 1. The van der Waals surface area contributed by atoms with Crippen molar-refractivity contribution < 1.29 is 9.47 Å². The van der Waals surface area contributed by atoms with E-state index in [4.69, 9.17) is 24.4 Å². The quantitative estimate of drug-likeness (QED) is 0.355. The Balaban J connectivity index is 1.30. The zero-order valence-corrected chi connectivity index (χ0v) is 19.4. The van der Waals surface area contributed by atoms with E-state index >= 15 is 0 Å². The fraction of sp³-hybridized carbons (Fsp3) is 0.167. The van der Waals surface area contributed by atoms with E-state index in [1.54, 1.807) is 0 Å². The van der Waals surface area contributed by atoms with Gasteiger partial charge in [-0.15, -0.1) is 0 Å². The van der Waals surface area contributed by atoms with E-state index in [-0.39, 0.29) is 24.3 Å². The molecule has 0 N–H and O–H groups in total. The third-order valence-corrected chi connectivity index (χ3v) is 6.36. The maximum Gasteiger partial charge on any atom is 0.236 e. The van der Waals surface area contributed by atoms with Crippen LogP contribution >= 0.6 is 0 Å². The number of hydrogen-bond donors (Lipinski definition) is 0. The summed E-state index contributed by atoms with van der Waals surface area (Å²) >= 11 is 0. The van der Waals surface area contributed by atoms with Gasteiger partial charge in [-0.25, -0.2) is 15.0 Å². The largest absolute Gasteiger partial charge is 0.466 e. The van der Waals surface area contributed by atoms with E-state index in [0.717, 1.165) is 16.7 Å². The summed E-state index contributed by atoms with van der Waals surface area (Å²) in [5.74, 6) is 1.08. The third kappa shape index (κ3) is 4.21. The van der Waals surface area contributed by atoms with Gasteiger partial charge in [-0.2, -0.15) is 0 Å². The fourth-order valence-electron chi connectivity index (χ4n) is 4.62. The average Bonchev–Trinajstić information content (AvgIpc) is 3.55. The minimum absolute atomic E-state index is 0.00264. The number of rotatable bonds is 5. The summed E-state index contributed by atoms with van der Waals surface area (Å²) in [6.45, 7) is 2.06. The Bertz CT molecular complexity index is 1370. The normalized spacial score (nSPS) is 23.2. The smallest absolute Gasteiger partial charge is 0.236 e. The van der Waals surface area contributed by atoms with E-state index in [9.17, 15) is 0 Å². The average molecular weight is 460 g/mol. The molecule has 2 aliphatic rings. The summed E-state index contributed by atoms with van der Waals surface area (Å²) < 4.78 is 12.7. The topological polar surface area (TPSA) is 56.1 Å². The predicted molar refractivity (Wildman–Crippen MR) is 136 cm³/mol. The lowest BCUT2D eigenvalue weighted by Gasteiger charge is -2.18. The molecule has 0 radical (unpaired) electrons. The lowest BCUT2D eigenvalue weighted by Crippen LogP contribution is -2.13. The van der Waals surface area contributed by atoms with Gasteiger partial charge in [0.25, 0.3) is 0 Å². The maximum atomic E-state index is 6.44. The van der Waals surface area contributed by atoms with Crippen LogP contribution in [-0.2, 0) is 9.47 Å². The molecule has 0 bridgehead atoms. The van der Waals surface area contributed by atoms with Crippen LogP contribution < -0.4 is 0 Å². The van der Waals surface area contributed by atoms with Crippen LogP contribution in [0.2, 0.25) is 0 Å². The molecule has 35 heavy (non-hydrogen) atoms. The molecular weight excluding hydrogens is 434 g/mol. The van der Waals surface area contributed by atoms with Gasteiger partial charge in [0, 0.05) is 0 Å². The molecule has 3 heterocycles. The van der Waals surface area contributed by atoms with Crippen LogP contribution in [0.3, 0.4) is 0 Å². The van der Waals surface area contributed by atoms with Gasteiger partial charge in [-0.1, -0.05) is 97.1 Å². The Labute approximate surface area is 204 Å². The molecule has 5 heteroatoms. The lowest BCUT2D eigenvalue weighted by atomic mass is 9.97. The molecule has 0 fully saturated rings. The number of aromatic nitrogens is 1. The second kappa shape index (κ2) is 9.18. The molecule has 0 aliphatic carbocycles. The van der Waals surface area contributed by atoms with E-state index in [1.165, 1.54) is 0 Å². The second-order valence-corrected chi connectivity index (χ2v) is 8.77. The number of benzene rings is 3. The van der Waals surface area contributed by atoms with Gasteiger partial charge in [-0.05, 0) is 35.7 Å². The fourth-order valence-corrected chi connectivity index (χ4v) is 4.62. The highest BCUT2D eigenvalue weighted by molar-refractivity contribution is 5.97. The highest BCUT2D eigenvalue weighted by Gasteiger charge is 2.35. The standard InChI is InChI=1S/C30H25N3O2/c1-20-27(22-14-7-3-8-15-22)34-29(31-20)24-18-11-19-25(32-24)30-33-26(21-12-5-2-6-13-21)28(35-30)23-16-9-4-10-17-23/h2-20,26-28H,1H3/t20-,26?,27?,28?/m0/s1. The van der Waals surface area contributed by atoms with Crippen molar-refractivity contribution in [2.75, 3.05) is 0 Å². The first-order chi connectivity index (χ1) is 17.3. The van der Waals surface area contributed by atoms with Crippen molar-refractivity contribution in [1.29, 1.82) is 0 Å². The second-order valence-electron chi connectivity index (χ2n) is 8.77. The first-order valence-corrected chi connectivity index (χ1v) is 11.9. The monoisotopic (exact) mass is 459 g/mol. The van der Waals surface area contributed by atoms with Gasteiger partial charge in [-0.3, -0.25) is 0 Å². The summed E-state index contributed by atoms with van der Waals surface area (Å²) in [6.07, 6.45) is -0.344. The number of nitrogens with zero attached hydrogens (tertiary/aromatic N) is 3. The Kier molecular flexibility index (Phi) is 5.59. The molecule has 3 aromatic carbocycles. The molecule has 4 aromatic rings. The SMILES string of the molecule is C[C@@H]1N=C(c2cccc(C3=NC(c4ccccc4)C(c4ccccc4)O3)n2)OC1c1ccccc1. The van der Waals surface area contributed by atoms with Gasteiger partial charge in [0.2, 0.25) is 11.8 Å². The van der Waals surface area contributed by atoms with Crippen molar-refractivity contribution in [2.24, 2.45) is 9.98 Å². The van der Waals surface area contributed by atoms with Crippen molar-refractivity contribution in [1.82, 2.24) is 4.98 Å². The summed E-state index contributed by atoms with van der Waals surface area (Å²) in [5, 5.41) is 0. The molecule has 172 valence electrons. The van der Waals surface area contributed by atoms with Gasteiger partial charge in [0.1, 0.15) is 23.5 Å². The van der Waals surface area contributed by atoms with Crippen LogP contribution in [-0.4, -0.2) is 22.8 Å². The zero-order valence-electron chi connectivity index (χ0n) is 19.4. The lowest BCUT2D eigenvalue weighted by molar-refractivity contribution is 0.196. The predicted octanol–water partition coefficient (Wildman–Crippen LogP) is 6.25. The van der Waals surface area contributed by atoms with Crippen LogP contribution in [0.5, 0.6) is 0 Å². The maximum absolute atomic E-state index is 6.44. The zero-order chi connectivity index (χ0) is 23.6. The van der Waals surface area contributed by atoms with Crippen molar-refractivity contribution >= 4 is 11.8 Å². The molecule has 5 nitrogen and oxygen atoms in total. The number of aliphatic imine (C=N–C) groups is 2. The van der Waals surface area contributed by atoms with Crippen molar-refractivity contribution in [2.45, 2.75) is 31.2 Å². The van der Waals surface area contributed by atoms with Crippen LogP contribution in [0.4, 0.5) is 0 Å². The summed E-state index contributed by atoms with van der Waals surface area (Å²) in [4.78, 5) is 14.6. The Morgan fingerprint density at radius 1 is 0.514 bits per heavy atom. The van der Waals surface area contributed by atoms with Crippen molar-refractivity contribution in [3.8, 4) is 0 Å². The van der Waals surface area contributed by atoms with Crippen LogP contribution in [0, 0.1) is 0 Å². The first-order valence-electron chi connectivity index (χ1n) is 11.9. The van der Waals surface area contributed by atoms with Gasteiger partial charge in [0.15, 0.2) is 6.10 Å². The number of ether oxygens (including phenoxy) is 2. The minimum Gasteiger partial charge on any atom is -0.466 e. The first kappa shape index (κ1) is 21.3. The Morgan fingerprint density at radius 2 is 1.00 bits per heavy atom. The number of hydrogen-bond acceptors (Lipinski definition) is 5. The molecule has 0 spiro atoms. The molecular formula is C30H25N3O2. The molecule has 6 rings (SSSR count). The summed E-state index contributed by atoms with van der Waals surface area (Å²) in [7, 11) is 0. The summed E-state index contributed by atoms with van der Waals surface area (Å²) in [5.41, 5.74) is 4.65. The van der Waals surface area contributed by atoms with Crippen LogP contribution in [0.25, 0.3) is 0 Å². The molecule has 2 aliphatic heterocycles. The van der Waals surface area contributed by atoms with Gasteiger partial charge >= 0.3 is 0 Å². The summed E-state index contributed by atoms with van der Waals surface area (Å²) in [6, 6.07) is 36.3. The highest BCUT2D eigenvalue weighted by Crippen LogP contribution is 2.41. The minimum atomic E-state index is -0.221. The van der Waals surface area contributed by atoms with E-state index in [1.807, 2.05) is 72.8 Å². The van der Waals surface area contributed by atoms with E-state index in [0.29, 0.717) is 23.2 Å². The molecule has 4 atom stereocenters. The molecule has 0 saturated carbocycles. The molecule has 1 aromatic heterocycles. The Morgan fingerprint density at radius 3 is 1.60 bits per heavy atom. The van der Waals surface area contributed by atoms with Crippen molar-refractivity contribution in [3.05, 3.63) is 137 Å². The molecule has 0 amide bonds. The third-order valence-electron chi connectivity index (χ3n) is 6.36. The molecule has 3 unspecified atom stereocenters. The van der Waals surface area contributed by atoms with Crippen LogP contribution in [0.1, 0.15) is 53.3 Å². The van der Waals surface area contributed by atoms with Gasteiger partial charge in [0.05, 0.1) is 6.04 Å². The van der Waals surface area contributed by atoms with Crippen LogP contribution in [0.15, 0.2) is 119 Å². The molecule has 0 saturated heterocycles.